The largest absolute Gasteiger partial charge is 0.330 e. The molecule has 1 aromatic heterocycles. The zero-order chi connectivity index (χ0) is 16.6. The summed E-state index contributed by atoms with van der Waals surface area (Å²) in [6.45, 7) is 0. The van der Waals surface area contributed by atoms with E-state index in [4.69, 9.17) is 5.26 Å². The lowest BCUT2D eigenvalue weighted by atomic mass is 9.83. The van der Waals surface area contributed by atoms with Crippen molar-refractivity contribution < 1.29 is 0 Å². The smallest absolute Gasteiger partial charge is 0.0991 e. The van der Waals surface area contributed by atoms with Crippen molar-refractivity contribution in [2.24, 2.45) is 5.92 Å². The van der Waals surface area contributed by atoms with Crippen molar-refractivity contribution in [1.29, 1.82) is 5.26 Å². The molecule has 3 heteroatoms. The molecule has 0 saturated heterocycles. The van der Waals surface area contributed by atoms with Crippen molar-refractivity contribution in [3.05, 3.63) is 54.1 Å². The summed E-state index contributed by atoms with van der Waals surface area (Å²) in [6, 6.07) is 10.7. The Bertz CT molecular complexity index is 627. The molecule has 1 aliphatic carbocycles. The van der Waals surface area contributed by atoms with E-state index in [-0.39, 0.29) is 0 Å². The van der Waals surface area contributed by atoms with Gasteiger partial charge < -0.3 is 4.57 Å². The van der Waals surface area contributed by atoms with Gasteiger partial charge in [0.05, 0.1) is 24.0 Å². The number of hydrogen-bond acceptors (Lipinski definition) is 2. The molecule has 1 atom stereocenters. The molecule has 1 aromatic carbocycles. The van der Waals surface area contributed by atoms with E-state index in [0.29, 0.717) is 12.0 Å². The first-order valence-corrected chi connectivity index (χ1v) is 9.36. The molecule has 1 fully saturated rings. The Labute approximate surface area is 145 Å². The number of hydrogen-bond donors (Lipinski definition) is 0. The molecule has 126 valence electrons. The lowest BCUT2D eigenvalue weighted by Gasteiger charge is -2.29. The first-order chi connectivity index (χ1) is 11.9. The molecule has 0 spiro atoms. The normalized spacial score (nSPS) is 18.6. The highest BCUT2D eigenvalue weighted by Crippen LogP contribution is 2.35. The van der Waals surface area contributed by atoms with E-state index in [9.17, 15) is 0 Å². The molecule has 2 aromatic rings. The van der Waals surface area contributed by atoms with Crippen LogP contribution in [0.25, 0.3) is 0 Å². The van der Waals surface area contributed by atoms with Crippen LogP contribution in [0.1, 0.15) is 75.0 Å². The van der Waals surface area contributed by atoms with Crippen molar-refractivity contribution in [3.8, 4) is 6.07 Å². The minimum Gasteiger partial charge on any atom is -0.330 e. The zero-order valence-electron chi connectivity index (χ0n) is 14.4. The quantitative estimate of drug-likeness (QED) is 0.750. The molecule has 0 radical (unpaired) electrons. The van der Waals surface area contributed by atoms with Gasteiger partial charge in [0.15, 0.2) is 0 Å². The maximum atomic E-state index is 9.06. The van der Waals surface area contributed by atoms with E-state index < -0.39 is 0 Å². The molecule has 0 bridgehead atoms. The number of nitrogens with zero attached hydrogens (tertiary/aromatic N) is 3. The van der Waals surface area contributed by atoms with Crippen molar-refractivity contribution in [3.63, 3.8) is 0 Å². The number of benzene rings is 1. The van der Waals surface area contributed by atoms with Crippen LogP contribution < -0.4 is 0 Å². The van der Waals surface area contributed by atoms with Crippen LogP contribution in [0.3, 0.4) is 0 Å². The molecule has 0 amide bonds. The molecule has 1 heterocycles. The van der Waals surface area contributed by atoms with Gasteiger partial charge >= 0.3 is 0 Å². The topological polar surface area (TPSA) is 41.6 Å². The average molecular weight is 321 g/mol. The molecule has 1 saturated carbocycles. The molecular weight excluding hydrogens is 294 g/mol. The summed E-state index contributed by atoms with van der Waals surface area (Å²) in [5, 5.41) is 9.06. The number of aromatic nitrogens is 2. The van der Waals surface area contributed by atoms with Gasteiger partial charge in [0.1, 0.15) is 0 Å². The van der Waals surface area contributed by atoms with Crippen LogP contribution in [0.5, 0.6) is 0 Å². The summed E-state index contributed by atoms with van der Waals surface area (Å²) < 4.78 is 2.26. The molecule has 1 unspecified atom stereocenters. The highest BCUT2D eigenvalue weighted by atomic mass is 15.1. The molecule has 3 rings (SSSR count). The van der Waals surface area contributed by atoms with Gasteiger partial charge in [-0.25, -0.2) is 4.98 Å². The minimum absolute atomic E-state index is 0.333. The van der Waals surface area contributed by atoms with Gasteiger partial charge in [-0.15, -0.1) is 0 Å². The van der Waals surface area contributed by atoms with E-state index >= 15 is 0 Å². The third kappa shape index (κ3) is 4.26. The number of rotatable bonds is 3. The van der Waals surface area contributed by atoms with E-state index in [1.54, 1.807) is 0 Å². The first-order valence-electron chi connectivity index (χ1n) is 9.36. The van der Waals surface area contributed by atoms with E-state index in [0.717, 1.165) is 5.56 Å². The second-order valence-corrected chi connectivity index (χ2v) is 7.00. The van der Waals surface area contributed by atoms with E-state index in [1.165, 1.54) is 63.4 Å². The van der Waals surface area contributed by atoms with Gasteiger partial charge in [-0.3, -0.25) is 0 Å². The van der Waals surface area contributed by atoms with Crippen molar-refractivity contribution in [1.82, 2.24) is 9.55 Å². The molecule has 1 aliphatic rings. The molecule has 3 nitrogen and oxygen atoms in total. The van der Waals surface area contributed by atoms with Gasteiger partial charge in [0, 0.05) is 12.4 Å². The van der Waals surface area contributed by atoms with Gasteiger partial charge in [-0.1, -0.05) is 57.1 Å². The van der Waals surface area contributed by atoms with Crippen molar-refractivity contribution in [2.45, 2.75) is 63.8 Å². The van der Waals surface area contributed by atoms with Crippen LogP contribution in [0.4, 0.5) is 0 Å². The highest BCUT2D eigenvalue weighted by Gasteiger charge is 2.24. The molecular formula is C21H27N3. The van der Waals surface area contributed by atoms with Gasteiger partial charge in [-0.05, 0) is 36.5 Å². The summed E-state index contributed by atoms with van der Waals surface area (Å²) in [5.74, 6) is 0.644. The second-order valence-electron chi connectivity index (χ2n) is 7.00. The average Bonchev–Trinajstić information content (AvgIpc) is 3.15. The van der Waals surface area contributed by atoms with Gasteiger partial charge in [0.25, 0.3) is 0 Å². The van der Waals surface area contributed by atoms with Gasteiger partial charge in [-0.2, -0.15) is 5.26 Å². The van der Waals surface area contributed by atoms with Crippen LogP contribution in [-0.4, -0.2) is 9.55 Å². The summed E-state index contributed by atoms with van der Waals surface area (Å²) >= 11 is 0. The second kappa shape index (κ2) is 8.68. The highest BCUT2D eigenvalue weighted by molar-refractivity contribution is 5.33. The summed E-state index contributed by atoms with van der Waals surface area (Å²) in [5.41, 5.74) is 2.03. The molecule has 24 heavy (non-hydrogen) atoms. The Hall–Kier alpha value is -2.08. The lowest BCUT2D eigenvalue weighted by molar-refractivity contribution is 0.304. The van der Waals surface area contributed by atoms with Crippen molar-refractivity contribution in [2.75, 3.05) is 0 Å². The third-order valence-corrected chi connectivity index (χ3v) is 5.32. The first kappa shape index (κ1) is 16.8. The molecule has 0 N–H and O–H groups in total. The minimum atomic E-state index is 0.333. The Morgan fingerprint density at radius 2 is 1.58 bits per heavy atom. The lowest BCUT2D eigenvalue weighted by Crippen LogP contribution is -2.20. The predicted molar refractivity (Wildman–Crippen MR) is 96.6 cm³/mol. The van der Waals surface area contributed by atoms with Crippen molar-refractivity contribution >= 4 is 0 Å². The maximum Gasteiger partial charge on any atom is 0.0991 e. The van der Waals surface area contributed by atoms with Crippen LogP contribution in [0.2, 0.25) is 0 Å². The van der Waals surface area contributed by atoms with E-state index in [1.807, 2.05) is 24.7 Å². The fourth-order valence-electron chi connectivity index (χ4n) is 4.03. The van der Waals surface area contributed by atoms with Crippen LogP contribution in [0.15, 0.2) is 43.0 Å². The molecule has 0 aliphatic heterocycles. The van der Waals surface area contributed by atoms with Crippen LogP contribution in [-0.2, 0) is 0 Å². The summed E-state index contributed by atoms with van der Waals surface area (Å²) in [7, 11) is 0. The fourth-order valence-corrected chi connectivity index (χ4v) is 4.03. The predicted octanol–water partition coefficient (Wildman–Crippen LogP) is 5.48. The van der Waals surface area contributed by atoms with Crippen LogP contribution in [0, 0.1) is 17.2 Å². The third-order valence-electron chi connectivity index (χ3n) is 5.32. The summed E-state index contributed by atoms with van der Waals surface area (Å²) in [6.07, 6.45) is 18.0. The Kier molecular flexibility index (Phi) is 6.07. The Balaban J connectivity index is 1.86. The monoisotopic (exact) mass is 321 g/mol. The Morgan fingerprint density at radius 3 is 2.12 bits per heavy atom. The zero-order valence-corrected chi connectivity index (χ0v) is 14.4. The van der Waals surface area contributed by atoms with Gasteiger partial charge in [0.2, 0.25) is 0 Å². The summed E-state index contributed by atoms with van der Waals surface area (Å²) in [4.78, 5) is 4.28. The Morgan fingerprint density at radius 1 is 0.958 bits per heavy atom. The van der Waals surface area contributed by atoms with E-state index in [2.05, 4.69) is 33.9 Å². The maximum absolute atomic E-state index is 9.06. The fraction of sp³-hybridized carbons (Fsp3) is 0.524. The van der Waals surface area contributed by atoms with Crippen LogP contribution >= 0.6 is 0 Å². The SMILES string of the molecule is N#Cc1ccc(C(C2CCCCCCCCC2)n2ccnc2)cc1. The standard InChI is InChI=1S/C21H27N3/c22-16-18-10-12-20(13-11-18)21(24-15-14-23-17-24)19-8-6-4-2-1-3-5-7-9-19/h10-15,17,19,21H,1-9H2. The number of imidazole rings is 1. The number of nitriles is 1.